The van der Waals surface area contributed by atoms with E-state index in [0.29, 0.717) is 11.5 Å². The molecule has 1 aromatic heterocycles. The van der Waals surface area contributed by atoms with Crippen molar-refractivity contribution in [2.75, 3.05) is 17.7 Å². The van der Waals surface area contributed by atoms with Crippen molar-refractivity contribution in [3.05, 3.63) is 35.7 Å². The van der Waals surface area contributed by atoms with E-state index in [2.05, 4.69) is 22.2 Å². The van der Waals surface area contributed by atoms with Crippen molar-refractivity contribution in [3.63, 3.8) is 0 Å². The number of hydrogen-bond acceptors (Lipinski definition) is 5. The predicted molar refractivity (Wildman–Crippen MR) is 81.6 cm³/mol. The third kappa shape index (κ3) is 3.74. The number of halogens is 1. The van der Waals surface area contributed by atoms with Gasteiger partial charge in [-0.25, -0.2) is 9.97 Å². The highest BCUT2D eigenvalue weighted by molar-refractivity contribution is 6.32. The summed E-state index contributed by atoms with van der Waals surface area (Å²) in [5, 5.41) is 3.33. The van der Waals surface area contributed by atoms with Crippen molar-refractivity contribution in [2.24, 2.45) is 0 Å². The van der Waals surface area contributed by atoms with Gasteiger partial charge in [0, 0.05) is 5.69 Å². The van der Waals surface area contributed by atoms with Gasteiger partial charge in [-0.05, 0) is 30.7 Å². The SMILES string of the molecule is CCCCOc1ccc(Nc2ncnc(Cl)c2N)cc1. The molecule has 0 amide bonds. The Morgan fingerprint density at radius 1 is 1.25 bits per heavy atom. The number of ether oxygens (including phenoxy) is 1. The Morgan fingerprint density at radius 3 is 2.70 bits per heavy atom. The molecule has 0 saturated carbocycles. The summed E-state index contributed by atoms with van der Waals surface area (Å²) in [5.74, 6) is 1.34. The molecule has 0 bridgehead atoms. The van der Waals surface area contributed by atoms with Crippen molar-refractivity contribution >= 4 is 28.8 Å². The molecule has 2 aromatic rings. The summed E-state index contributed by atoms with van der Waals surface area (Å²) in [4.78, 5) is 7.86. The first-order chi connectivity index (χ1) is 9.70. The summed E-state index contributed by atoms with van der Waals surface area (Å²) >= 11 is 5.84. The van der Waals surface area contributed by atoms with Gasteiger partial charge < -0.3 is 15.8 Å². The van der Waals surface area contributed by atoms with E-state index in [1.54, 1.807) is 0 Å². The number of nitrogens with one attached hydrogen (secondary N) is 1. The maximum atomic E-state index is 5.84. The molecular weight excluding hydrogens is 276 g/mol. The minimum atomic E-state index is 0.238. The number of nitrogens with two attached hydrogens (primary N) is 1. The van der Waals surface area contributed by atoms with E-state index in [-0.39, 0.29) is 5.15 Å². The molecule has 0 fully saturated rings. The summed E-state index contributed by atoms with van der Waals surface area (Å²) in [6.45, 7) is 2.87. The Morgan fingerprint density at radius 2 is 2.00 bits per heavy atom. The quantitative estimate of drug-likeness (QED) is 0.628. The number of benzene rings is 1. The molecule has 0 atom stereocenters. The lowest BCUT2D eigenvalue weighted by atomic mass is 10.3. The van der Waals surface area contributed by atoms with Crippen molar-refractivity contribution in [1.29, 1.82) is 0 Å². The zero-order valence-electron chi connectivity index (χ0n) is 11.3. The van der Waals surface area contributed by atoms with Gasteiger partial charge in [0.2, 0.25) is 0 Å². The van der Waals surface area contributed by atoms with E-state index < -0.39 is 0 Å². The predicted octanol–water partition coefficient (Wildman–Crippen LogP) is 3.63. The summed E-state index contributed by atoms with van der Waals surface area (Å²) < 4.78 is 5.60. The number of anilines is 3. The number of rotatable bonds is 6. The van der Waals surface area contributed by atoms with Crippen LogP contribution in [-0.4, -0.2) is 16.6 Å². The number of nitrogen functional groups attached to an aromatic ring is 1. The van der Waals surface area contributed by atoms with Crippen molar-refractivity contribution in [2.45, 2.75) is 19.8 Å². The zero-order valence-corrected chi connectivity index (χ0v) is 12.0. The maximum Gasteiger partial charge on any atom is 0.158 e. The second-order valence-corrected chi connectivity index (χ2v) is 4.64. The van der Waals surface area contributed by atoms with Crippen molar-refractivity contribution < 1.29 is 4.74 Å². The van der Waals surface area contributed by atoms with E-state index in [0.717, 1.165) is 30.9 Å². The molecule has 1 aromatic carbocycles. The van der Waals surface area contributed by atoms with Crippen LogP contribution in [0.5, 0.6) is 5.75 Å². The summed E-state index contributed by atoms with van der Waals surface area (Å²) in [6.07, 6.45) is 3.53. The highest BCUT2D eigenvalue weighted by atomic mass is 35.5. The van der Waals surface area contributed by atoms with Gasteiger partial charge in [-0.3, -0.25) is 0 Å². The molecule has 0 radical (unpaired) electrons. The summed E-state index contributed by atoms with van der Waals surface area (Å²) in [6, 6.07) is 7.60. The van der Waals surface area contributed by atoms with Crippen LogP contribution in [0.4, 0.5) is 17.2 Å². The molecule has 0 spiro atoms. The van der Waals surface area contributed by atoms with Crippen LogP contribution in [0.3, 0.4) is 0 Å². The fourth-order valence-corrected chi connectivity index (χ4v) is 1.71. The molecule has 6 heteroatoms. The lowest BCUT2D eigenvalue weighted by Crippen LogP contribution is -2.01. The average Bonchev–Trinajstić information content (AvgIpc) is 2.46. The first kappa shape index (κ1) is 14.4. The first-order valence-corrected chi connectivity index (χ1v) is 6.84. The van der Waals surface area contributed by atoms with Gasteiger partial charge in [0.15, 0.2) is 11.0 Å². The van der Waals surface area contributed by atoms with Gasteiger partial charge in [0.1, 0.15) is 17.8 Å². The summed E-state index contributed by atoms with van der Waals surface area (Å²) in [7, 11) is 0. The normalized spacial score (nSPS) is 10.3. The molecule has 5 nitrogen and oxygen atoms in total. The van der Waals surface area contributed by atoms with E-state index in [4.69, 9.17) is 22.1 Å². The van der Waals surface area contributed by atoms with E-state index in [1.807, 2.05) is 24.3 Å². The van der Waals surface area contributed by atoms with Crippen molar-refractivity contribution in [3.8, 4) is 5.75 Å². The zero-order chi connectivity index (χ0) is 14.4. The number of unbranched alkanes of at least 4 members (excludes halogenated alkanes) is 1. The third-order valence-electron chi connectivity index (χ3n) is 2.72. The first-order valence-electron chi connectivity index (χ1n) is 6.46. The lowest BCUT2D eigenvalue weighted by molar-refractivity contribution is 0.309. The largest absolute Gasteiger partial charge is 0.494 e. The Bertz CT molecular complexity index is 560. The molecule has 1 heterocycles. The fraction of sp³-hybridized carbons (Fsp3) is 0.286. The minimum absolute atomic E-state index is 0.238. The monoisotopic (exact) mass is 292 g/mol. The van der Waals surface area contributed by atoms with Crippen LogP contribution in [-0.2, 0) is 0 Å². The molecule has 3 N–H and O–H groups in total. The van der Waals surface area contributed by atoms with Crippen molar-refractivity contribution in [1.82, 2.24) is 9.97 Å². The van der Waals surface area contributed by atoms with Gasteiger partial charge in [-0.1, -0.05) is 24.9 Å². The van der Waals surface area contributed by atoms with Crippen LogP contribution >= 0.6 is 11.6 Å². The Labute approximate surface area is 123 Å². The number of aromatic nitrogens is 2. The van der Waals surface area contributed by atoms with Crippen LogP contribution < -0.4 is 15.8 Å². The Kier molecular flexibility index (Phi) is 5.01. The van der Waals surface area contributed by atoms with E-state index in [9.17, 15) is 0 Å². The molecule has 0 aliphatic rings. The number of hydrogen-bond donors (Lipinski definition) is 2. The van der Waals surface area contributed by atoms with Crippen LogP contribution in [0, 0.1) is 0 Å². The van der Waals surface area contributed by atoms with Crippen LogP contribution in [0.2, 0.25) is 5.15 Å². The third-order valence-corrected chi connectivity index (χ3v) is 3.02. The minimum Gasteiger partial charge on any atom is -0.494 e. The molecule has 2 rings (SSSR count). The fourth-order valence-electron chi connectivity index (χ4n) is 1.58. The Hall–Kier alpha value is -2.01. The maximum absolute atomic E-state index is 5.84. The second-order valence-electron chi connectivity index (χ2n) is 4.28. The molecular formula is C14H17ClN4O. The highest BCUT2D eigenvalue weighted by Gasteiger charge is 2.06. The van der Waals surface area contributed by atoms with Gasteiger partial charge in [-0.15, -0.1) is 0 Å². The van der Waals surface area contributed by atoms with Crippen LogP contribution in [0.1, 0.15) is 19.8 Å². The van der Waals surface area contributed by atoms with Crippen LogP contribution in [0.15, 0.2) is 30.6 Å². The molecule has 0 unspecified atom stereocenters. The molecule has 0 aliphatic carbocycles. The molecule has 106 valence electrons. The van der Waals surface area contributed by atoms with Gasteiger partial charge >= 0.3 is 0 Å². The summed E-state index contributed by atoms with van der Waals surface area (Å²) in [5.41, 5.74) is 6.98. The standard InChI is InChI=1S/C14H17ClN4O/c1-2-3-8-20-11-6-4-10(5-7-11)19-14-12(16)13(15)17-9-18-14/h4-7,9H,2-3,8,16H2,1H3,(H,17,18,19). The molecule has 20 heavy (non-hydrogen) atoms. The van der Waals surface area contributed by atoms with E-state index in [1.165, 1.54) is 6.33 Å². The molecule has 0 saturated heterocycles. The van der Waals surface area contributed by atoms with Gasteiger partial charge in [0.05, 0.1) is 6.61 Å². The lowest BCUT2D eigenvalue weighted by Gasteiger charge is -2.10. The van der Waals surface area contributed by atoms with E-state index >= 15 is 0 Å². The smallest absolute Gasteiger partial charge is 0.158 e. The topological polar surface area (TPSA) is 73.1 Å². The Balaban J connectivity index is 2.01. The number of nitrogens with zero attached hydrogens (tertiary/aromatic N) is 2. The second kappa shape index (κ2) is 6.96. The highest BCUT2D eigenvalue weighted by Crippen LogP contribution is 2.26. The van der Waals surface area contributed by atoms with Gasteiger partial charge in [-0.2, -0.15) is 0 Å². The average molecular weight is 293 g/mol. The molecule has 0 aliphatic heterocycles. The van der Waals surface area contributed by atoms with Gasteiger partial charge in [0.25, 0.3) is 0 Å². The van der Waals surface area contributed by atoms with Crippen LogP contribution in [0.25, 0.3) is 0 Å².